The lowest BCUT2D eigenvalue weighted by atomic mass is 9.82. The monoisotopic (exact) mass is 185 g/mol. The average molecular weight is 185 g/mol. The first kappa shape index (κ1) is 10.5. The highest BCUT2D eigenvalue weighted by molar-refractivity contribution is 5.77. The van der Waals surface area contributed by atoms with Crippen LogP contribution in [-0.4, -0.2) is 22.7 Å². The Kier molecular flexibility index (Phi) is 2.96. The van der Waals surface area contributed by atoms with Gasteiger partial charge in [-0.1, -0.05) is 6.92 Å². The molecule has 0 aliphatic heterocycles. The van der Waals surface area contributed by atoms with Crippen molar-refractivity contribution >= 4 is 5.91 Å². The van der Waals surface area contributed by atoms with Gasteiger partial charge in [0.1, 0.15) is 0 Å². The summed E-state index contributed by atoms with van der Waals surface area (Å²) in [6, 6.07) is 0.352. The number of hydrogen-bond acceptors (Lipinski definition) is 2. The second kappa shape index (κ2) is 3.66. The lowest BCUT2D eigenvalue weighted by Gasteiger charge is -2.33. The third kappa shape index (κ3) is 3.77. The summed E-state index contributed by atoms with van der Waals surface area (Å²) in [7, 11) is 0. The van der Waals surface area contributed by atoms with E-state index < -0.39 is 5.60 Å². The SMILES string of the molecule is CC1CC(NC(=O)CC(C)(C)O)C1. The Hall–Kier alpha value is -0.570. The van der Waals surface area contributed by atoms with E-state index in [-0.39, 0.29) is 12.3 Å². The van der Waals surface area contributed by atoms with Gasteiger partial charge in [0.2, 0.25) is 5.91 Å². The normalized spacial score (nSPS) is 28.0. The van der Waals surface area contributed by atoms with E-state index >= 15 is 0 Å². The van der Waals surface area contributed by atoms with Gasteiger partial charge in [0.15, 0.2) is 0 Å². The number of carbonyl (C=O) groups is 1. The zero-order valence-corrected chi connectivity index (χ0v) is 8.63. The molecule has 0 aromatic carbocycles. The summed E-state index contributed by atoms with van der Waals surface area (Å²) in [5.41, 5.74) is -0.889. The van der Waals surface area contributed by atoms with Crippen LogP contribution in [0.25, 0.3) is 0 Å². The van der Waals surface area contributed by atoms with Crippen LogP contribution in [0.5, 0.6) is 0 Å². The maximum absolute atomic E-state index is 11.3. The topological polar surface area (TPSA) is 49.3 Å². The first-order valence-electron chi connectivity index (χ1n) is 4.88. The minimum Gasteiger partial charge on any atom is -0.390 e. The number of rotatable bonds is 3. The molecule has 0 atom stereocenters. The van der Waals surface area contributed by atoms with Crippen molar-refractivity contribution in [2.75, 3.05) is 0 Å². The Labute approximate surface area is 79.5 Å². The van der Waals surface area contributed by atoms with Crippen molar-refractivity contribution in [3.05, 3.63) is 0 Å². The van der Waals surface area contributed by atoms with Gasteiger partial charge in [-0.2, -0.15) is 0 Å². The van der Waals surface area contributed by atoms with E-state index in [9.17, 15) is 9.90 Å². The van der Waals surface area contributed by atoms with Crippen LogP contribution in [0.3, 0.4) is 0 Å². The standard InChI is InChI=1S/C10H19NO2/c1-7-4-8(5-7)11-9(12)6-10(2,3)13/h7-8,13H,4-6H2,1-3H3,(H,11,12). The predicted molar refractivity (Wildman–Crippen MR) is 51.2 cm³/mol. The van der Waals surface area contributed by atoms with Crippen molar-refractivity contribution in [1.29, 1.82) is 0 Å². The van der Waals surface area contributed by atoms with Crippen LogP contribution in [0.2, 0.25) is 0 Å². The Bertz CT molecular complexity index is 190. The van der Waals surface area contributed by atoms with Gasteiger partial charge in [0.05, 0.1) is 12.0 Å². The van der Waals surface area contributed by atoms with Gasteiger partial charge < -0.3 is 10.4 Å². The van der Waals surface area contributed by atoms with Crippen molar-refractivity contribution in [1.82, 2.24) is 5.32 Å². The molecule has 1 amide bonds. The molecule has 0 radical (unpaired) electrons. The minimum atomic E-state index is -0.889. The van der Waals surface area contributed by atoms with Crippen molar-refractivity contribution in [3.8, 4) is 0 Å². The first-order valence-corrected chi connectivity index (χ1v) is 4.88. The number of carbonyl (C=O) groups excluding carboxylic acids is 1. The molecule has 0 bridgehead atoms. The Morgan fingerprint density at radius 1 is 1.54 bits per heavy atom. The molecule has 1 saturated carbocycles. The molecule has 0 spiro atoms. The average Bonchev–Trinajstić information content (AvgIpc) is 1.79. The van der Waals surface area contributed by atoms with Crippen molar-refractivity contribution in [2.45, 2.75) is 51.7 Å². The van der Waals surface area contributed by atoms with Crippen LogP contribution in [0, 0.1) is 5.92 Å². The van der Waals surface area contributed by atoms with Crippen molar-refractivity contribution < 1.29 is 9.90 Å². The highest BCUT2D eigenvalue weighted by Gasteiger charge is 2.28. The summed E-state index contributed by atoms with van der Waals surface area (Å²) in [5, 5.41) is 12.3. The molecule has 13 heavy (non-hydrogen) atoms. The second-order valence-electron chi connectivity index (χ2n) is 4.83. The van der Waals surface area contributed by atoms with Crippen molar-refractivity contribution in [3.63, 3.8) is 0 Å². The highest BCUT2D eigenvalue weighted by Crippen LogP contribution is 2.26. The lowest BCUT2D eigenvalue weighted by Crippen LogP contribution is -2.45. The molecule has 1 aliphatic carbocycles. The third-order valence-corrected chi connectivity index (χ3v) is 2.33. The van der Waals surface area contributed by atoms with E-state index in [2.05, 4.69) is 12.2 Å². The van der Waals surface area contributed by atoms with Gasteiger partial charge in [0.25, 0.3) is 0 Å². The summed E-state index contributed by atoms with van der Waals surface area (Å²) < 4.78 is 0. The van der Waals surface area contributed by atoms with Gasteiger partial charge in [0, 0.05) is 6.04 Å². The number of hydrogen-bond donors (Lipinski definition) is 2. The van der Waals surface area contributed by atoms with Gasteiger partial charge in [-0.15, -0.1) is 0 Å². The molecular formula is C10H19NO2. The van der Waals surface area contributed by atoms with Gasteiger partial charge in [-0.25, -0.2) is 0 Å². The van der Waals surface area contributed by atoms with Gasteiger partial charge >= 0.3 is 0 Å². The first-order chi connectivity index (χ1) is 5.87. The fourth-order valence-corrected chi connectivity index (χ4v) is 1.69. The van der Waals surface area contributed by atoms with E-state index in [0.717, 1.165) is 18.8 Å². The van der Waals surface area contributed by atoms with E-state index in [1.807, 2.05) is 0 Å². The summed E-state index contributed by atoms with van der Waals surface area (Å²) in [4.78, 5) is 11.3. The fraction of sp³-hybridized carbons (Fsp3) is 0.900. The lowest BCUT2D eigenvalue weighted by molar-refractivity contribution is -0.126. The Balaban J connectivity index is 2.19. The summed E-state index contributed by atoms with van der Waals surface area (Å²) in [6.07, 6.45) is 2.35. The van der Waals surface area contributed by atoms with Crippen LogP contribution in [-0.2, 0) is 4.79 Å². The maximum atomic E-state index is 11.3. The maximum Gasteiger partial charge on any atom is 0.223 e. The molecule has 1 rings (SSSR count). The third-order valence-electron chi connectivity index (χ3n) is 2.33. The molecule has 1 fully saturated rings. The molecule has 0 heterocycles. The molecule has 76 valence electrons. The zero-order valence-electron chi connectivity index (χ0n) is 8.63. The van der Waals surface area contributed by atoms with Gasteiger partial charge in [-0.05, 0) is 32.6 Å². The molecular weight excluding hydrogens is 166 g/mol. The minimum absolute atomic E-state index is 0.0376. The van der Waals surface area contributed by atoms with Crippen molar-refractivity contribution in [2.24, 2.45) is 5.92 Å². The smallest absolute Gasteiger partial charge is 0.223 e. The zero-order chi connectivity index (χ0) is 10.1. The van der Waals surface area contributed by atoms with Gasteiger partial charge in [-0.3, -0.25) is 4.79 Å². The molecule has 3 heteroatoms. The molecule has 0 unspecified atom stereocenters. The predicted octanol–water partition coefficient (Wildman–Crippen LogP) is 1.06. The molecule has 3 nitrogen and oxygen atoms in total. The number of aliphatic hydroxyl groups is 1. The van der Waals surface area contributed by atoms with E-state index in [1.165, 1.54) is 0 Å². The summed E-state index contributed by atoms with van der Waals surface area (Å²) in [5.74, 6) is 0.705. The highest BCUT2D eigenvalue weighted by atomic mass is 16.3. The molecule has 0 saturated heterocycles. The van der Waals surface area contributed by atoms with E-state index in [1.54, 1.807) is 13.8 Å². The summed E-state index contributed by atoms with van der Waals surface area (Å²) >= 11 is 0. The molecule has 0 aromatic heterocycles. The van der Waals surface area contributed by atoms with E-state index in [4.69, 9.17) is 0 Å². The largest absolute Gasteiger partial charge is 0.390 e. The fourth-order valence-electron chi connectivity index (χ4n) is 1.69. The summed E-state index contributed by atoms with van der Waals surface area (Å²) in [6.45, 7) is 5.48. The Morgan fingerprint density at radius 2 is 2.08 bits per heavy atom. The quantitative estimate of drug-likeness (QED) is 0.690. The van der Waals surface area contributed by atoms with Crippen LogP contribution < -0.4 is 5.32 Å². The Morgan fingerprint density at radius 3 is 2.46 bits per heavy atom. The van der Waals surface area contributed by atoms with E-state index in [0.29, 0.717) is 6.04 Å². The number of amides is 1. The second-order valence-corrected chi connectivity index (χ2v) is 4.83. The van der Waals surface area contributed by atoms with Crippen LogP contribution in [0.15, 0.2) is 0 Å². The molecule has 1 aliphatic rings. The van der Waals surface area contributed by atoms with Crippen LogP contribution in [0.1, 0.15) is 40.0 Å². The van der Waals surface area contributed by atoms with Crippen LogP contribution >= 0.6 is 0 Å². The van der Waals surface area contributed by atoms with Crippen LogP contribution in [0.4, 0.5) is 0 Å². The molecule has 2 N–H and O–H groups in total. The molecule has 0 aromatic rings. The number of nitrogens with one attached hydrogen (secondary N) is 1.